The van der Waals surface area contributed by atoms with Gasteiger partial charge in [0.05, 0.1) is 0 Å². The minimum Gasteiger partial charge on any atom is -0.490 e. The topological polar surface area (TPSA) is 49.8 Å². The predicted molar refractivity (Wildman–Crippen MR) is 74.9 cm³/mol. The van der Waals surface area contributed by atoms with Crippen LogP contribution >= 0.6 is 0 Å². The summed E-state index contributed by atoms with van der Waals surface area (Å²) in [5.74, 6) is 0.832. The van der Waals surface area contributed by atoms with Crippen molar-refractivity contribution in [3.63, 3.8) is 0 Å². The monoisotopic (exact) mass is 263 g/mol. The van der Waals surface area contributed by atoms with Gasteiger partial charge in [0.2, 0.25) is 5.91 Å². The van der Waals surface area contributed by atoms with Gasteiger partial charge in [0.15, 0.2) is 0 Å². The maximum absolute atomic E-state index is 11.7. The Bertz CT molecular complexity index is 400. The van der Waals surface area contributed by atoms with Gasteiger partial charge in [0.1, 0.15) is 12.4 Å². The first kappa shape index (κ1) is 15.2. The molecule has 19 heavy (non-hydrogen) atoms. The molecule has 4 heteroatoms. The quantitative estimate of drug-likeness (QED) is 0.730. The highest BCUT2D eigenvalue weighted by atomic mass is 16.5. The Kier molecular flexibility index (Phi) is 6.68. The van der Waals surface area contributed by atoms with Crippen molar-refractivity contribution in [1.82, 2.24) is 4.90 Å². The standard InChI is InChI=1S/C15H21NO3/c1-3-11-19-14-8-6-13(7-9-14)12-16(2)15(18)5-4-10-17/h3,6-9,17H,1,4-5,10-12H2,2H3. The third-order valence-electron chi connectivity index (χ3n) is 2.69. The summed E-state index contributed by atoms with van der Waals surface area (Å²) in [4.78, 5) is 13.4. The number of carbonyl (C=O) groups excluding carboxylic acids is 1. The molecule has 0 radical (unpaired) electrons. The summed E-state index contributed by atoms with van der Waals surface area (Å²) in [7, 11) is 1.77. The Balaban J connectivity index is 2.47. The van der Waals surface area contributed by atoms with E-state index in [2.05, 4.69) is 6.58 Å². The van der Waals surface area contributed by atoms with E-state index in [0.717, 1.165) is 11.3 Å². The van der Waals surface area contributed by atoms with Crippen molar-refractivity contribution in [2.24, 2.45) is 0 Å². The molecule has 0 bridgehead atoms. The van der Waals surface area contributed by atoms with Gasteiger partial charge in [-0.2, -0.15) is 0 Å². The van der Waals surface area contributed by atoms with Gasteiger partial charge in [-0.1, -0.05) is 24.8 Å². The van der Waals surface area contributed by atoms with Gasteiger partial charge >= 0.3 is 0 Å². The number of aliphatic hydroxyl groups excluding tert-OH is 1. The van der Waals surface area contributed by atoms with Crippen molar-refractivity contribution in [2.45, 2.75) is 19.4 Å². The normalized spacial score (nSPS) is 10.0. The fourth-order valence-corrected chi connectivity index (χ4v) is 1.63. The van der Waals surface area contributed by atoms with E-state index >= 15 is 0 Å². The molecule has 104 valence electrons. The molecular formula is C15H21NO3. The third-order valence-corrected chi connectivity index (χ3v) is 2.69. The van der Waals surface area contributed by atoms with E-state index in [4.69, 9.17) is 9.84 Å². The van der Waals surface area contributed by atoms with Crippen molar-refractivity contribution in [3.8, 4) is 5.75 Å². The van der Waals surface area contributed by atoms with Gasteiger partial charge < -0.3 is 14.7 Å². The number of hydrogen-bond donors (Lipinski definition) is 1. The highest BCUT2D eigenvalue weighted by molar-refractivity contribution is 5.75. The molecule has 0 aliphatic rings. The minimum absolute atomic E-state index is 0.0426. The highest BCUT2D eigenvalue weighted by Gasteiger charge is 2.08. The first-order valence-electron chi connectivity index (χ1n) is 6.35. The first-order valence-corrected chi connectivity index (χ1v) is 6.35. The first-order chi connectivity index (χ1) is 9.17. The van der Waals surface area contributed by atoms with E-state index in [9.17, 15) is 4.79 Å². The second kappa shape index (κ2) is 8.32. The van der Waals surface area contributed by atoms with Crippen LogP contribution in [-0.4, -0.2) is 36.2 Å². The van der Waals surface area contributed by atoms with E-state index in [0.29, 0.717) is 26.0 Å². The molecule has 1 aromatic rings. The summed E-state index contributed by atoms with van der Waals surface area (Å²) in [6.07, 6.45) is 2.59. The fraction of sp³-hybridized carbons (Fsp3) is 0.400. The zero-order valence-electron chi connectivity index (χ0n) is 11.3. The second-order valence-corrected chi connectivity index (χ2v) is 4.32. The fourth-order valence-electron chi connectivity index (χ4n) is 1.63. The van der Waals surface area contributed by atoms with E-state index < -0.39 is 0 Å². The van der Waals surface area contributed by atoms with Crippen molar-refractivity contribution >= 4 is 5.91 Å². The lowest BCUT2D eigenvalue weighted by Gasteiger charge is -2.17. The SMILES string of the molecule is C=CCOc1ccc(CN(C)C(=O)CCCO)cc1. The van der Waals surface area contributed by atoms with Crippen LogP contribution in [0.1, 0.15) is 18.4 Å². The van der Waals surface area contributed by atoms with Gasteiger partial charge in [0, 0.05) is 26.6 Å². The largest absolute Gasteiger partial charge is 0.490 e. The molecule has 0 heterocycles. The van der Waals surface area contributed by atoms with Gasteiger partial charge in [-0.3, -0.25) is 4.79 Å². The molecule has 0 saturated carbocycles. The van der Waals surface area contributed by atoms with E-state index in [1.807, 2.05) is 24.3 Å². The van der Waals surface area contributed by atoms with E-state index in [1.165, 1.54) is 0 Å². The lowest BCUT2D eigenvalue weighted by Crippen LogP contribution is -2.26. The van der Waals surface area contributed by atoms with Crippen LogP contribution in [0.15, 0.2) is 36.9 Å². The second-order valence-electron chi connectivity index (χ2n) is 4.32. The molecule has 0 aromatic heterocycles. The summed E-state index contributed by atoms with van der Waals surface area (Å²) in [5, 5.41) is 8.70. The van der Waals surface area contributed by atoms with Crippen molar-refractivity contribution in [1.29, 1.82) is 0 Å². The van der Waals surface area contributed by atoms with Crippen molar-refractivity contribution in [2.75, 3.05) is 20.3 Å². The molecule has 0 atom stereocenters. The lowest BCUT2D eigenvalue weighted by molar-refractivity contribution is -0.130. The number of aliphatic hydroxyl groups is 1. The van der Waals surface area contributed by atoms with Crippen LogP contribution in [0.2, 0.25) is 0 Å². The Morgan fingerprint density at radius 3 is 2.68 bits per heavy atom. The summed E-state index contributed by atoms with van der Waals surface area (Å²) in [5.41, 5.74) is 1.05. The molecule has 0 saturated heterocycles. The number of nitrogens with zero attached hydrogens (tertiary/aromatic N) is 1. The molecule has 1 aromatic carbocycles. The zero-order valence-corrected chi connectivity index (χ0v) is 11.3. The van der Waals surface area contributed by atoms with Crippen LogP contribution < -0.4 is 4.74 Å². The molecular weight excluding hydrogens is 242 g/mol. The van der Waals surface area contributed by atoms with Crippen LogP contribution in [0.5, 0.6) is 5.75 Å². The Hall–Kier alpha value is -1.81. The lowest BCUT2D eigenvalue weighted by atomic mass is 10.2. The summed E-state index contributed by atoms with van der Waals surface area (Å²) < 4.78 is 5.39. The van der Waals surface area contributed by atoms with Crippen molar-refractivity contribution in [3.05, 3.63) is 42.5 Å². The van der Waals surface area contributed by atoms with Gasteiger partial charge in [-0.05, 0) is 24.1 Å². The third kappa shape index (κ3) is 5.57. The number of benzene rings is 1. The summed E-state index contributed by atoms with van der Waals surface area (Å²) >= 11 is 0. The van der Waals surface area contributed by atoms with Crippen LogP contribution in [0, 0.1) is 0 Å². The van der Waals surface area contributed by atoms with Gasteiger partial charge in [-0.25, -0.2) is 0 Å². The maximum Gasteiger partial charge on any atom is 0.222 e. The van der Waals surface area contributed by atoms with E-state index in [1.54, 1.807) is 18.0 Å². The number of ether oxygens (including phenoxy) is 1. The van der Waals surface area contributed by atoms with Crippen LogP contribution in [-0.2, 0) is 11.3 Å². The smallest absolute Gasteiger partial charge is 0.222 e. The van der Waals surface area contributed by atoms with Gasteiger partial charge in [0.25, 0.3) is 0 Å². The van der Waals surface area contributed by atoms with Crippen LogP contribution in [0.3, 0.4) is 0 Å². The molecule has 0 aliphatic heterocycles. The molecule has 0 spiro atoms. The molecule has 0 fully saturated rings. The summed E-state index contributed by atoms with van der Waals surface area (Å²) in [6.45, 7) is 4.69. The van der Waals surface area contributed by atoms with Crippen molar-refractivity contribution < 1.29 is 14.6 Å². The number of hydrogen-bond acceptors (Lipinski definition) is 3. The van der Waals surface area contributed by atoms with E-state index in [-0.39, 0.29) is 12.5 Å². The Morgan fingerprint density at radius 2 is 2.11 bits per heavy atom. The zero-order chi connectivity index (χ0) is 14.1. The molecule has 4 nitrogen and oxygen atoms in total. The Labute approximate surface area is 114 Å². The maximum atomic E-state index is 11.7. The van der Waals surface area contributed by atoms with Crippen LogP contribution in [0.4, 0.5) is 0 Å². The van der Waals surface area contributed by atoms with Crippen LogP contribution in [0.25, 0.3) is 0 Å². The molecule has 1 N–H and O–H groups in total. The summed E-state index contributed by atoms with van der Waals surface area (Å²) in [6, 6.07) is 7.64. The van der Waals surface area contributed by atoms with Gasteiger partial charge in [-0.15, -0.1) is 0 Å². The number of carbonyl (C=O) groups is 1. The highest BCUT2D eigenvalue weighted by Crippen LogP contribution is 2.13. The number of rotatable bonds is 8. The predicted octanol–water partition coefficient (Wildman–Crippen LogP) is 1.98. The number of amides is 1. The molecule has 0 aliphatic carbocycles. The molecule has 1 rings (SSSR count). The minimum atomic E-state index is 0.0426. The average molecular weight is 263 g/mol. The Morgan fingerprint density at radius 1 is 1.42 bits per heavy atom. The molecule has 1 amide bonds. The average Bonchev–Trinajstić information content (AvgIpc) is 2.43. The molecule has 0 unspecified atom stereocenters.